The summed E-state index contributed by atoms with van der Waals surface area (Å²) in [4.78, 5) is 4.50. The Kier molecular flexibility index (Phi) is 4.68. The van der Waals surface area contributed by atoms with E-state index in [0.29, 0.717) is 0 Å². The topological polar surface area (TPSA) is 12.9 Å². The summed E-state index contributed by atoms with van der Waals surface area (Å²) in [6.45, 7) is 2.16. The molecule has 0 saturated heterocycles. The number of pyridine rings is 1. The van der Waals surface area contributed by atoms with Crippen LogP contribution >= 0.6 is 0 Å². The van der Waals surface area contributed by atoms with E-state index in [9.17, 15) is 4.39 Å². The lowest BCUT2D eigenvalue weighted by Crippen LogP contribution is -1.87. The van der Waals surface area contributed by atoms with Crippen molar-refractivity contribution in [1.82, 2.24) is 4.98 Å². The van der Waals surface area contributed by atoms with Crippen LogP contribution in [0.3, 0.4) is 0 Å². The maximum atomic E-state index is 13.4. The highest BCUT2D eigenvalue weighted by atomic mass is 19.1. The summed E-state index contributed by atoms with van der Waals surface area (Å²) >= 11 is 0. The van der Waals surface area contributed by atoms with Crippen molar-refractivity contribution in [1.29, 1.82) is 0 Å². The molecular formula is C21H18FN. The fourth-order valence-electron chi connectivity index (χ4n) is 2.51. The highest BCUT2D eigenvalue weighted by molar-refractivity contribution is 5.88. The van der Waals surface area contributed by atoms with Crippen molar-refractivity contribution in [3.8, 4) is 23.0 Å². The predicted octanol–water partition coefficient (Wildman–Crippen LogP) is 5.58. The number of halogens is 1. The molecule has 1 aromatic heterocycles. The first kappa shape index (κ1) is 15.2. The summed E-state index contributed by atoms with van der Waals surface area (Å²) in [6, 6.07) is 14.6. The molecule has 0 fully saturated rings. The zero-order valence-corrected chi connectivity index (χ0v) is 13.1. The van der Waals surface area contributed by atoms with E-state index >= 15 is 0 Å². The zero-order valence-electron chi connectivity index (χ0n) is 13.1. The van der Waals surface area contributed by atoms with Crippen LogP contribution in [0.4, 0.5) is 4.39 Å². The van der Waals surface area contributed by atoms with E-state index in [1.165, 1.54) is 12.1 Å². The van der Waals surface area contributed by atoms with Gasteiger partial charge >= 0.3 is 0 Å². The largest absolute Gasteiger partial charge is 0.256 e. The average molecular weight is 303 g/mol. The number of fused-ring (bicyclic) bond motifs is 1. The van der Waals surface area contributed by atoms with Crippen LogP contribution in [0, 0.1) is 17.7 Å². The van der Waals surface area contributed by atoms with E-state index in [1.54, 1.807) is 12.3 Å². The molecule has 0 spiro atoms. The third-order valence-electron chi connectivity index (χ3n) is 3.76. The Bertz CT molecular complexity index is 887. The average Bonchev–Trinajstić information content (AvgIpc) is 2.58. The van der Waals surface area contributed by atoms with Crippen LogP contribution in [-0.4, -0.2) is 4.98 Å². The van der Waals surface area contributed by atoms with Crippen LogP contribution in [0.1, 0.15) is 31.7 Å². The highest BCUT2D eigenvalue weighted by Gasteiger charge is 2.04. The van der Waals surface area contributed by atoms with Gasteiger partial charge in [-0.05, 0) is 42.3 Å². The van der Waals surface area contributed by atoms with E-state index in [4.69, 9.17) is 0 Å². The lowest BCUT2D eigenvalue weighted by molar-refractivity contribution is 0.628. The van der Waals surface area contributed by atoms with Gasteiger partial charge in [0.1, 0.15) is 5.82 Å². The molecule has 0 aliphatic rings. The second-order valence-corrected chi connectivity index (χ2v) is 5.51. The molecule has 0 aliphatic carbocycles. The Hall–Kier alpha value is -2.66. The molecule has 3 rings (SSSR count). The lowest BCUT2D eigenvalue weighted by atomic mass is 10.0. The van der Waals surface area contributed by atoms with Gasteiger partial charge in [0, 0.05) is 29.1 Å². The third kappa shape index (κ3) is 3.57. The van der Waals surface area contributed by atoms with Crippen LogP contribution in [0.5, 0.6) is 0 Å². The Morgan fingerprint density at radius 3 is 2.74 bits per heavy atom. The van der Waals surface area contributed by atoms with E-state index in [0.717, 1.165) is 46.9 Å². The van der Waals surface area contributed by atoms with Gasteiger partial charge < -0.3 is 0 Å². The molecule has 0 amide bonds. The smallest absolute Gasteiger partial charge is 0.123 e. The highest BCUT2D eigenvalue weighted by Crippen LogP contribution is 2.25. The second kappa shape index (κ2) is 7.07. The number of nitrogens with zero attached hydrogens (tertiary/aromatic N) is 1. The SMILES string of the molecule is CCCCC#Cc1cccc2ncc(-c3cccc(F)c3)cc12. The summed E-state index contributed by atoms with van der Waals surface area (Å²) < 4.78 is 13.4. The predicted molar refractivity (Wildman–Crippen MR) is 93.5 cm³/mol. The first-order chi connectivity index (χ1) is 11.3. The molecule has 2 aromatic carbocycles. The van der Waals surface area contributed by atoms with Crippen molar-refractivity contribution >= 4 is 10.9 Å². The Morgan fingerprint density at radius 2 is 1.91 bits per heavy atom. The fourth-order valence-corrected chi connectivity index (χ4v) is 2.51. The molecule has 0 radical (unpaired) electrons. The first-order valence-electron chi connectivity index (χ1n) is 7.91. The summed E-state index contributed by atoms with van der Waals surface area (Å²) in [5.41, 5.74) is 3.62. The number of hydrogen-bond donors (Lipinski definition) is 0. The van der Waals surface area contributed by atoms with E-state index in [1.807, 2.05) is 30.3 Å². The Labute approximate surface area is 136 Å². The Morgan fingerprint density at radius 1 is 1.04 bits per heavy atom. The van der Waals surface area contributed by atoms with Crippen molar-refractivity contribution in [3.05, 3.63) is 66.1 Å². The molecule has 0 unspecified atom stereocenters. The zero-order chi connectivity index (χ0) is 16.1. The monoisotopic (exact) mass is 303 g/mol. The second-order valence-electron chi connectivity index (χ2n) is 5.51. The van der Waals surface area contributed by atoms with E-state index in [-0.39, 0.29) is 5.82 Å². The molecule has 0 atom stereocenters. The van der Waals surface area contributed by atoms with Crippen molar-refractivity contribution in [2.45, 2.75) is 26.2 Å². The Balaban J connectivity index is 2.05. The standard InChI is InChI=1S/C21H18FN/c1-2-3-4-5-8-16-9-7-12-21-20(16)14-18(15-23-21)17-10-6-11-19(22)13-17/h6-7,9-15H,2-4H2,1H3. The van der Waals surface area contributed by atoms with Gasteiger partial charge in [0.25, 0.3) is 0 Å². The number of hydrogen-bond acceptors (Lipinski definition) is 1. The van der Waals surface area contributed by atoms with Gasteiger partial charge in [0.2, 0.25) is 0 Å². The van der Waals surface area contributed by atoms with Crippen LogP contribution in [0.2, 0.25) is 0 Å². The van der Waals surface area contributed by atoms with Gasteiger partial charge in [0.15, 0.2) is 0 Å². The first-order valence-corrected chi connectivity index (χ1v) is 7.91. The third-order valence-corrected chi connectivity index (χ3v) is 3.76. The number of benzene rings is 2. The van der Waals surface area contributed by atoms with Gasteiger partial charge in [-0.25, -0.2) is 4.39 Å². The van der Waals surface area contributed by atoms with Crippen molar-refractivity contribution in [2.24, 2.45) is 0 Å². The number of aromatic nitrogens is 1. The minimum absolute atomic E-state index is 0.241. The molecule has 0 saturated carbocycles. The van der Waals surface area contributed by atoms with Crippen molar-refractivity contribution in [3.63, 3.8) is 0 Å². The maximum Gasteiger partial charge on any atom is 0.123 e. The fraction of sp³-hybridized carbons (Fsp3) is 0.190. The number of unbranched alkanes of at least 4 members (excludes halogenated alkanes) is 2. The van der Waals surface area contributed by atoms with E-state index in [2.05, 4.69) is 23.7 Å². The van der Waals surface area contributed by atoms with Crippen LogP contribution < -0.4 is 0 Å². The summed E-state index contributed by atoms with van der Waals surface area (Å²) in [5.74, 6) is 6.23. The summed E-state index contributed by atoms with van der Waals surface area (Å²) in [6.07, 6.45) is 4.95. The molecular weight excluding hydrogens is 285 g/mol. The van der Waals surface area contributed by atoms with Crippen molar-refractivity contribution < 1.29 is 4.39 Å². The molecule has 0 bridgehead atoms. The van der Waals surface area contributed by atoms with Crippen LogP contribution in [0.15, 0.2) is 54.7 Å². The molecule has 3 aromatic rings. The molecule has 0 N–H and O–H groups in total. The minimum Gasteiger partial charge on any atom is -0.256 e. The molecule has 1 nitrogen and oxygen atoms in total. The van der Waals surface area contributed by atoms with Gasteiger partial charge in [-0.1, -0.05) is 43.4 Å². The van der Waals surface area contributed by atoms with E-state index < -0.39 is 0 Å². The molecule has 114 valence electrons. The van der Waals surface area contributed by atoms with Gasteiger partial charge in [-0.3, -0.25) is 4.98 Å². The molecule has 1 heterocycles. The summed E-state index contributed by atoms with van der Waals surface area (Å²) in [5, 5.41) is 1.01. The van der Waals surface area contributed by atoms with Crippen molar-refractivity contribution in [2.75, 3.05) is 0 Å². The minimum atomic E-state index is -0.241. The summed E-state index contributed by atoms with van der Waals surface area (Å²) in [7, 11) is 0. The van der Waals surface area contributed by atoms with Gasteiger partial charge in [-0.2, -0.15) is 0 Å². The van der Waals surface area contributed by atoms with Crippen LogP contribution in [0.25, 0.3) is 22.0 Å². The molecule has 23 heavy (non-hydrogen) atoms. The molecule has 0 aliphatic heterocycles. The van der Waals surface area contributed by atoms with Crippen LogP contribution in [-0.2, 0) is 0 Å². The van der Waals surface area contributed by atoms with Gasteiger partial charge in [0.05, 0.1) is 5.52 Å². The lowest BCUT2D eigenvalue weighted by Gasteiger charge is -2.05. The number of rotatable bonds is 3. The normalized spacial score (nSPS) is 10.3. The van der Waals surface area contributed by atoms with Gasteiger partial charge in [-0.15, -0.1) is 0 Å². The molecule has 2 heteroatoms. The maximum absolute atomic E-state index is 13.4. The quantitative estimate of drug-likeness (QED) is 0.454.